The molecule has 0 atom stereocenters. The lowest BCUT2D eigenvalue weighted by molar-refractivity contribution is 0.0476. The third-order valence-electron chi connectivity index (χ3n) is 4.28. The number of nitrogens with zero attached hydrogens (tertiary/aromatic N) is 1. The topological polar surface area (TPSA) is 56.3 Å². The zero-order valence-corrected chi connectivity index (χ0v) is 15.3. The molecule has 0 bridgehead atoms. The molecule has 1 heterocycles. The molecule has 1 aromatic heterocycles. The van der Waals surface area contributed by atoms with Gasteiger partial charge in [0.1, 0.15) is 0 Å². The Bertz CT molecular complexity index is 998. The molecule has 0 aliphatic carbocycles. The number of Topliss-reactive ketones (excluding diaryl/α,β-unsaturated/α-hetero) is 1. The van der Waals surface area contributed by atoms with E-state index in [1.165, 1.54) is 0 Å². The summed E-state index contributed by atoms with van der Waals surface area (Å²) in [4.78, 5) is 29.6. The molecule has 0 N–H and O–H groups in total. The van der Waals surface area contributed by atoms with Crippen molar-refractivity contribution in [3.05, 3.63) is 75.9 Å². The van der Waals surface area contributed by atoms with Gasteiger partial charge in [0.05, 0.1) is 16.1 Å². The number of hydrogen-bond donors (Lipinski definition) is 0. The number of aromatic nitrogens is 1. The van der Waals surface area contributed by atoms with Gasteiger partial charge < -0.3 is 4.74 Å². The van der Waals surface area contributed by atoms with Crippen LogP contribution < -0.4 is 0 Å². The van der Waals surface area contributed by atoms with Crippen LogP contribution in [0, 0.1) is 6.92 Å². The second-order valence-corrected chi connectivity index (χ2v) is 6.32. The van der Waals surface area contributed by atoms with E-state index in [2.05, 4.69) is 4.98 Å². The molecule has 0 unspecified atom stereocenters. The minimum absolute atomic E-state index is 0.337. The molecule has 0 fully saturated rings. The molecule has 3 rings (SSSR count). The van der Waals surface area contributed by atoms with E-state index >= 15 is 0 Å². The van der Waals surface area contributed by atoms with Crippen LogP contribution in [0.4, 0.5) is 0 Å². The van der Waals surface area contributed by atoms with Crippen molar-refractivity contribution in [2.75, 3.05) is 6.61 Å². The molecule has 0 saturated heterocycles. The fraction of sp³-hybridized carbons (Fsp3) is 0.190. The van der Waals surface area contributed by atoms with E-state index in [0.29, 0.717) is 22.6 Å². The van der Waals surface area contributed by atoms with Gasteiger partial charge in [-0.25, -0.2) is 4.79 Å². The Balaban J connectivity index is 1.90. The van der Waals surface area contributed by atoms with Crippen LogP contribution >= 0.6 is 11.6 Å². The van der Waals surface area contributed by atoms with Crippen LogP contribution in [0.2, 0.25) is 5.02 Å². The second kappa shape index (κ2) is 7.67. The van der Waals surface area contributed by atoms with Gasteiger partial charge in [0.25, 0.3) is 0 Å². The zero-order valence-electron chi connectivity index (χ0n) is 14.6. The minimum Gasteiger partial charge on any atom is -0.454 e. The number of pyridine rings is 1. The summed E-state index contributed by atoms with van der Waals surface area (Å²) < 4.78 is 5.31. The van der Waals surface area contributed by atoms with Gasteiger partial charge in [0.2, 0.25) is 5.78 Å². The van der Waals surface area contributed by atoms with Crippen LogP contribution in [0.1, 0.15) is 38.9 Å². The Labute approximate surface area is 156 Å². The van der Waals surface area contributed by atoms with Crippen LogP contribution in [0.15, 0.2) is 48.5 Å². The standard InChI is InChI=1S/C21H18ClNO3/c1-3-17-13(2)20(15-9-5-7-11-18(15)23-17)21(25)26-12-19(24)14-8-4-6-10-16(14)22/h4-11H,3,12H2,1-2H3. The Morgan fingerprint density at radius 2 is 1.77 bits per heavy atom. The highest BCUT2D eigenvalue weighted by atomic mass is 35.5. The Morgan fingerprint density at radius 1 is 1.08 bits per heavy atom. The Kier molecular flexibility index (Phi) is 5.33. The number of ketones is 1. The summed E-state index contributed by atoms with van der Waals surface area (Å²) in [6.07, 6.45) is 0.704. The Morgan fingerprint density at radius 3 is 2.50 bits per heavy atom. The van der Waals surface area contributed by atoms with Gasteiger partial charge in [0.15, 0.2) is 6.61 Å². The quantitative estimate of drug-likeness (QED) is 0.480. The maximum Gasteiger partial charge on any atom is 0.339 e. The molecule has 0 spiro atoms. The number of aryl methyl sites for hydroxylation is 1. The molecular formula is C21H18ClNO3. The number of rotatable bonds is 5. The van der Waals surface area contributed by atoms with Crippen molar-refractivity contribution >= 4 is 34.3 Å². The fourth-order valence-electron chi connectivity index (χ4n) is 2.93. The monoisotopic (exact) mass is 367 g/mol. The number of fused-ring (bicyclic) bond motifs is 1. The van der Waals surface area contributed by atoms with Crippen LogP contribution in [-0.2, 0) is 11.2 Å². The van der Waals surface area contributed by atoms with Crippen LogP contribution in [0.3, 0.4) is 0 Å². The summed E-state index contributed by atoms with van der Waals surface area (Å²) in [5, 5.41) is 1.06. The van der Waals surface area contributed by atoms with E-state index in [1.807, 2.05) is 38.1 Å². The summed E-state index contributed by atoms with van der Waals surface area (Å²) in [6.45, 7) is 3.48. The van der Waals surface area contributed by atoms with Crippen molar-refractivity contribution in [3.63, 3.8) is 0 Å². The van der Waals surface area contributed by atoms with E-state index < -0.39 is 5.97 Å². The van der Waals surface area contributed by atoms with Crippen molar-refractivity contribution in [1.82, 2.24) is 4.98 Å². The highest BCUT2D eigenvalue weighted by molar-refractivity contribution is 6.34. The average molecular weight is 368 g/mol. The summed E-state index contributed by atoms with van der Waals surface area (Å²) >= 11 is 6.02. The molecule has 3 aromatic rings. The molecule has 132 valence electrons. The van der Waals surface area contributed by atoms with Crippen molar-refractivity contribution in [3.8, 4) is 0 Å². The number of esters is 1. The SMILES string of the molecule is CCc1nc2ccccc2c(C(=O)OCC(=O)c2ccccc2Cl)c1C. The number of para-hydroxylation sites is 1. The van der Waals surface area contributed by atoms with Gasteiger partial charge in [-0.1, -0.05) is 48.9 Å². The minimum atomic E-state index is -0.531. The molecule has 0 aliphatic rings. The summed E-state index contributed by atoms with van der Waals surface area (Å²) in [5.74, 6) is -0.869. The molecular weight excluding hydrogens is 350 g/mol. The number of halogens is 1. The first-order chi connectivity index (χ1) is 12.5. The second-order valence-electron chi connectivity index (χ2n) is 5.91. The van der Waals surface area contributed by atoms with E-state index in [4.69, 9.17) is 16.3 Å². The van der Waals surface area contributed by atoms with E-state index in [9.17, 15) is 9.59 Å². The number of carbonyl (C=O) groups excluding carboxylic acids is 2. The largest absolute Gasteiger partial charge is 0.454 e. The Hall–Kier alpha value is -2.72. The molecule has 2 aromatic carbocycles. The first-order valence-electron chi connectivity index (χ1n) is 8.36. The lowest BCUT2D eigenvalue weighted by Crippen LogP contribution is -2.16. The molecule has 5 heteroatoms. The lowest BCUT2D eigenvalue weighted by atomic mass is 10.0. The van der Waals surface area contributed by atoms with Gasteiger partial charge in [-0.2, -0.15) is 0 Å². The summed E-state index contributed by atoms with van der Waals surface area (Å²) in [6, 6.07) is 14.1. The third-order valence-corrected chi connectivity index (χ3v) is 4.61. The van der Waals surface area contributed by atoms with Gasteiger partial charge in [-0.15, -0.1) is 0 Å². The number of hydrogen-bond acceptors (Lipinski definition) is 4. The first kappa shape index (κ1) is 18.1. The summed E-state index contributed by atoms with van der Waals surface area (Å²) in [5.41, 5.74) is 3.15. The zero-order chi connectivity index (χ0) is 18.7. The maximum absolute atomic E-state index is 12.7. The van der Waals surface area contributed by atoms with E-state index in [0.717, 1.165) is 22.2 Å². The molecule has 0 saturated carbocycles. The van der Waals surface area contributed by atoms with Gasteiger partial charge in [-0.3, -0.25) is 9.78 Å². The number of carbonyl (C=O) groups is 2. The highest BCUT2D eigenvalue weighted by Crippen LogP contribution is 2.24. The van der Waals surface area contributed by atoms with E-state index in [-0.39, 0.29) is 12.4 Å². The third kappa shape index (κ3) is 3.46. The number of ether oxygens (including phenoxy) is 1. The van der Waals surface area contributed by atoms with Crippen LogP contribution in [0.25, 0.3) is 10.9 Å². The molecule has 26 heavy (non-hydrogen) atoms. The molecule has 0 radical (unpaired) electrons. The predicted octanol–water partition coefficient (Wildman–Crippen LogP) is 4.80. The van der Waals surface area contributed by atoms with Gasteiger partial charge in [-0.05, 0) is 37.1 Å². The number of benzene rings is 2. The fourth-order valence-corrected chi connectivity index (χ4v) is 3.17. The first-order valence-corrected chi connectivity index (χ1v) is 8.73. The van der Waals surface area contributed by atoms with Crippen molar-refractivity contribution in [2.24, 2.45) is 0 Å². The van der Waals surface area contributed by atoms with Gasteiger partial charge in [0, 0.05) is 16.6 Å². The van der Waals surface area contributed by atoms with Crippen molar-refractivity contribution in [2.45, 2.75) is 20.3 Å². The van der Waals surface area contributed by atoms with Crippen molar-refractivity contribution < 1.29 is 14.3 Å². The normalized spacial score (nSPS) is 10.7. The predicted molar refractivity (Wildman–Crippen MR) is 102 cm³/mol. The summed E-state index contributed by atoms with van der Waals surface area (Å²) in [7, 11) is 0. The van der Waals surface area contributed by atoms with Crippen LogP contribution in [-0.4, -0.2) is 23.3 Å². The van der Waals surface area contributed by atoms with Crippen LogP contribution in [0.5, 0.6) is 0 Å². The molecule has 0 aliphatic heterocycles. The molecule has 4 nitrogen and oxygen atoms in total. The lowest BCUT2D eigenvalue weighted by Gasteiger charge is -2.13. The average Bonchev–Trinajstić information content (AvgIpc) is 2.65. The highest BCUT2D eigenvalue weighted by Gasteiger charge is 2.20. The maximum atomic E-state index is 12.7. The smallest absolute Gasteiger partial charge is 0.339 e. The van der Waals surface area contributed by atoms with E-state index in [1.54, 1.807) is 24.3 Å². The van der Waals surface area contributed by atoms with Gasteiger partial charge >= 0.3 is 5.97 Å². The molecule has 0 amide bonds. The van der Waals surface area contributed by atoms with Crippen molar-refractivity contribution in [1.29, 1.82) is 0 Å².